The first kappa shape index (κ1) is 16.5. The zero-order valence-corrected chi connectivity index (χ0v) is 15.7. The monoisotopic (exact) mass is 360 g/mol. The molecular formula is C26H20N2. The van der Waals surface area contributed by atoms with Crippen molar-refractivity contribution in [3.05, 3.63) is 109 Å². The molecule has 0 aliphatic heterocycles. The van der Waals surface area contributed by atoms with Gasteiger partial charge in [0.15, 0.2) is 0 Å². The highest BCUT2D eigenvalue weighted by atomic mass is 15.1. The van der Waals surface area contributed by atoms with E-state index in [4.69, 9.17) is 4.98 Å². The molecule has 0 radical (unpaired) electrons. The number of aromatic nitrogens is 2. The molecule has 5 aromatic rings. The molecule has 134 valence electrons. The molecule has 0 fully saturated rings. The van der Waals surface area contributed by atoms with Crippen molar-refractivity contribution in [2.45, 2.75) is 6.92 Å². The molecule has 0 saturated heterocycles. The molecule has 2 nitrogen and oxygen atoms in total. The lowest BCUT2D eigenvalue weighted by atomic mass is 10.0. The van der Waals surface area contributed by atoms with Crippen molar-refractivity contribution >= 4 is 10.8 Å². The molecule has 0 N–H and O–H groups in total. The van der Waals surface area contributed by atoms with Crippen molar-refractivity contribution in [1.29, 1.82) is 0 Å². The van der Waals surface area contributed by atoms with E-state index >= 15 is 0 Å². The lowest BCUT2D eigenvalue weighted by Gasteiger charge is -2.15. The molecule has 1 heterocycles. The van der Waals surface area contributed by atoms with Crippen LogP contribution in [-0.4, -0.2) is 9.55 Å². The maximum Gasteiger partial charge on any atom is 0.100 e. The molecular weight excluding hydrogens is 340 g/mol. The molecule has 0 aliphatic rings. The van der Waals surface area contributed by atoms with Crippen molar-refractivity contribution in [3.8, 4) is 28.2 Å². The Hall–Kier alpha value is -3.65. The minimum Gasteiger partial charge on any atom is -0.298 e. The molecule has 4 aromatic carbocycles. The number of hydrogen-bond acceptors (Lipinski definition) is 1. The van der Waals surface area contributed by atoms with Gasteiger partial charge in [-0.15, -0.1) is 0 Å². The number of aryl methyl sites for hydroxylation is 1. The third-order valence-electron chi connectivity index (χ3n) is 5.29. The summed E-state index contributed by atoms with van der Waals surface area (Å²) in [4.78, 5) is 4.82. The highest BCUT2D eigenvalue weighted by Gasteiger charge is 2.17. The van der Waals surface area contributed by atoms with Crippen LogP contribution < -0.4 is 0 Å². The van der Waals surface area contributed by atoms with Crippen molar-refractivity contribution < 1.29 is 0 Å². The number of nitrogens with zero attached hydrogens (tertiary/aromatic N) is 2. The van der Waals surface area contributed by atoms with Crippen LogP contribution in [0.1, 0.15) is 5.56 Å². The Morgan fingerprint density at radius 3 is 2.04 bits per heavy atom. The summed E-state index contributed by atoms with van der Waals surface area (Å²) in [7, 11) is 0. The SMILES string of the molecule is Cc1c(-n2cnc(-c3ccccc3)c2-c2ccccc2)ccc2ccccc12. The second-order valence-electron chi connectivity index (χ2n) is 6.97. The summed E-state index contributed by atoms with van der Waals surface area (Å²) >= 11 is 0. The summed E-state index contributed by atoms with van der Waals surface area (Å²) in [5, 5.41) is 2.53. The molecule has 0 saturated carbocycles. The fraction of sp³-hybridized carbons (Fsp3) is 0.0385. The summed E-state index contributed by atoms with van der Waals surface area (Å²) in [6, 6.07) is 33.8. The minimum absolute atomic E-state index is 0.999. The van der Waals surface area contributed by atoms with Gasteiger partial charge in [-0.25, -0.2) is 4.98 Å². The lowest BCUT2D eigenvalue weighted by molar-refractivity contribution is 1.05. The standard InChI is InChI=1S/C26H20N2/c1-19-23-15-9-8-10-20(23)16-17-24(19)28-18-27-25(21-11-4-2-5-12-21)26(28)22-13-6-3-7-14-22/h2-18H,1H3. The van der Waals surface area contributed by atoms with E-state index in [0.717, 1.165) is 28.2 Å². The van der Waals surface area contributed by atoms with Crippen LogP contribution in [0.25, 0.3) is 39.0 Å². The first-order valence-corrected chi connectivity index (χ1v) is 9.50. The molecule has 0 amide bonds. The highest BCUT2D eigenvalue weighted by Crippen LogP contribution is 2.35. The van der Waals surface area contributed by atoms with Gasteiger partial charge in [-0.3, -0.25) is 4.57 Å². The van der Waals surface area contributed by atoms with Gasteiger partial charge in [-0.05, 0) is 29.3 Å². The van der Waals surface area contributed by atoms with Crippen molar-refractivity contribution in [2.24, 2.45) is 0 Å². The number of imidazole rings is 1. The van der Waals surface area contributed by atoms with Gasteiger partial charge in [0.2, 0.25) is 0 Å². The van der Waals surface area contributed by atoms with E-state index < -0.39 is 0 Å². The van der Waals surface area contributed by atoms with Crippen molar-refractivity contribution in [2.75, 3.05) is 0 Å². The maximum atomic E-state index is 4.82. The third kappa shape index (κ3) is 2.71. The Kier molecular flexibility index (Phi) is 4.02. The summed E-state index contributed by atoms with van der Waals surface area (Å²) in [6.07, 6.45) is 1.95. The molecule has 2 heteroatoms. The summed E-state index contributed by atoms with van der Waals surface area (Å²) in [5.41, 5.74) is 6.81. The van der Waals surface area contributed by atoms with Crippen LogP contribution in [-0.2, 0) is 0 Å². The number of hydrogen-bond donors (Lipinski definition) is 0. The lowest BCUT2D eigenvalue weighted by Crippen LogP contribution is -1.99. The molecule has 0 spiro atoms. The highest BCUT2D eigenvalue weighted by molar-refractivity contribution is 5.89. The van der Waals surface area contributed by atoms with Crippen LogP contribution in [0, 0.1) is 6.92 Å². The van der Waals surface area contributed by atoms with Gasteiger partial charge in [0.1, 0.15) is 6.33 Å². The molecule has 5 rings (SSSR count). The van der Waals surface area contributed by atoms with Gasteiger partial charge in [0.25, 0.3) is 0 Å². The van der Waals surface area contributed by atoms with Gasteiger partial charge in [-0.2, -0.15) is 0 Å². The van der Waals surface area contributed by atoms with E-state index in [1.165, 1.54) is 16.3 Å². The molecule has 0 aliphatic carbocycles. The number of benzene rings is 4. The second kappa shape index (κ2) is 6.82. The second-order valence-corrected chi connectivity index (χ2v) is 6.97. The quantitative estimate of drug-likeness (QED) is 0.351. The smallest absolute Gasteiger partial charge is 0.100 e. The van der Waals surface area contributed by atoms with Crippen LogP contribution in [0.5, 0.6) is 0 Å². The van der Waals surface area contributed by atoms with E-state index in [9.17, 15) is 0 Å². The molecule has 0 bridgehead atoms. The Balaban J connectivity index is 1.80. The molecule has 1 aromatic heterocycles. The van der Waals surface area contributed by atoms with Crippen LogP contribution in [0.2, 0.25) is 0 Å². The van der Waals surface area contributed by atoms with Gasteiger partial charge in [-0.1, -0.05) is 91.0 Å². The van der Waals surface area contributed by atoms with E-state index in [1.54, 1.807) is 0 Å². The summed E-state index contributed by atoms with van der Waals surface area (Å²) in [6.45, 7) is 2.19. The van der Waals surface area contributed by atoms with E-state index in [0.29, 0.717) is 0 Å². The fourth-order valence-corrected chi connectivity index (χ4v) is 3.89. The average molecular weight is 360 g/mol. The van der Waals surface area contributed by atoms with Crippen LogP contribution >= 0.6 is 0 Å². The topological polar surface area (TPSA) is 17.8 Å². The van der Waals surface area contributed by atoms with Crippen LogP contribution in [0.15, 0.2) is 103 Å². The zero-order valence-electron chi connectivity index (χ0n) is 15.7. The van der Waals surface area contributed by atoms with Gasteiger partial charge < -0.3 is 0 Å². The van der Waals surface area contributed by atoms with E-state index in [1.807, 2.05) is 18.5 Å². The Labute approximate surface area is 164 Å². The van der Waals surface area contributed by atoms with Crippen LogP contribution in [0.3, 0.4) is 0 Å². The Morgan fingerprint density at radius 1 is 0.643 bits per heavy atom. The minimum atomic E-state index is 0.999. The first-order valence-electron chi connectivity index (χ1n) is 9.50. The summed E-state index contributed by atoms with van der Waals surface area (Å²) in [5.74, 6) is 0. The van der Waals surface area contributed by atoms with Gasteiger partial charge >= 0.3 is 0 Å². The van der Waals surface area contributed by atoms with E-state index in [-0.39, 0.29) is 0 Å². The predicted octanol–water partition coefficient (Wildman–Crippen LogP) is 6.67. The number of rotatable bonds is 3. The predicted molar refractivity (Wildman–Crippen MR) is 117 cm³/mol. The third-order valence-corrected chi connectivity index (χ3v) is 5.29. The fourth-order valence-electron chi connectivity index (χ4n) is 3.89. The summed E-state index contributed by atoms with van der Waals surface area (Å²) < 4.78 is 2.22. The average Bonchev–Trinajstić information content (AvgIpc) is 3.20. The largest absolute Gasteiger partial charge is 0.298 e. The Morgan fingerprint density at radius 2 is 1.29 bits per heavy atom. The normalized spacial score (nSPS) is 11.0. The van der Waals surface area contributed by atoms with Crippen molar-refractivity contribution in [1.82, 2.24) is 9.55 Å². The van der Waals surface area contributed by atoms with Crippen molar-refractivity contribution in [3.63, 3.8) is 0 Å². The molecule has 28 heavy (non-hydrogen) atoms. The molecule has 0 atom stereocenters. The first-order chi connectivity index (χ1) is 13.8. The van der Waals surface area contributed by atoms with Gasteiger partial charge in [0.05, 0.1) is 17.1 Å². The van der Waals surface area contributed by atoms with Crippen LogP contribution in [0.4, 0.5) is 0 Å². The maximum absolute atomic E-state index is 4.82. The molecule has 0 unspecified atom stereocenters. The zero-order chi connectivity index (χ0) is 18.9. The number of fused-ring (bicyclic) bond motifs is 1. The van der Waals surface area contributed by atoms with E-state index in [2.05, 4.69) is 96.4 Å². The van der Waals surface area contributed by atoms with Gasteiger partial charge in [0, 0.05) is 11.1 Å². The Bertz CT molecular complexity index is 1250.